The third-order valence-corrected chi connectivity index (χ3v) is 6.11. The molecule has 0 radical (unpaired) electrons. The van der Waals surface area contributed by atoms with Crippen molar-refractivity contribution in [1.29, 1.82) is 0 Å². The van der Waals surface area contributed by atoms with Crippen LogP contribution in [0, 0.1) is 11.8 Å². The molecule has 0 spiro atoms. The molecule has 1 aliphatic carbocycles. The van der Waals surface area contributed by atoms with Gasteiger partial charge in [0.15, 0.2) is 0 Å². The van der Waals surface area contributed by atoms with Gasteiger partial charge in [0.25, 0.3) is 0 Å². The normalized spacial score (nSPS) is 20.8. The lowest BCUT2D eigenvalue weighted by Gasteiger charge is -2.26. The minimum atomic E-state index is 0.772. The van der Waals surface area contributed by atoms with Crippen molar-refractivity contribution in [3.63, 3.8) is 0 Å². The van der Waals surface area contributed by atoms with Crippen molar-refractivity contribution in [2.75, 3.05) is 39.5 Å². The Morgan fingerprint density at radius 3 is 2.69 bits per heavy atom. The lowest BCUT2D eigenvalue weighted by molar-refractivity contribution is 0.0322. The smallest absolute Gasteiger partial charge is 0.122 e. The molecular weight excluding hydrogens is 322 g/mol. The Labute approximate surface area is 160 Å². The van der Waals surface area contributed by atoms with Gasteiger partial charge in [-0.05, 0) is 42.7 Å². The summed E-state index contributed by atoms with van der Waals surface area (Å²) in [7, 11) is 0. The van der Waals surface area contributed by atoms with Crippen LogP contribution < -0.4 is 4.74 Å². The van der Waals surface area contributed by atoms with E-state index in [4.69, 9.17) is 9.47 Å². The summed E-state index contributed by atoms with van der Waals surface area (Å²) in [5.41, 5.74) is 1.38. The molecule has 0 N–H and O–H groups in total. The van der Waals surface area contributed by atoms with Crippen LogP contribution in [0.4, 0.5) is 0 Å². The quantitative estimate of drug-likeness (QED) is 0.623. The molecule has 1 saturated carbocycles. The Morgan fingerprint density at radius 1 is 1.12 bits per heavy atom. The SMILES string of the molecule is CC(CCc1ccccc1OCCN1CCOCC1)CC1CCCCC1. The summed E-state index contributed by atoms with van der Waals surface area (Å²) >= 11 is 0. The first-order valence-electron chi connectivity index (χ1n) is 10.8. The molecule has 1 saturated heterocycles. The predicted molar refractivity (Wildman–Crippen MR) is 108 cm³/mol. The second kappa shape index (κ2) is 10.9. The Balaban J connectivity index is 1.41. The van der Waals surface area contributed by atoms with Crippen LogP contribution >= 0.6 is 0 Å². The number of ether oxygens (including phenoxy) is 2. The first kappa shape index (κ1) is 19.7. The van der Waals surface area contributed by atoms with Gasteiger partial charge in [-0.25, -0.2) is 0 Å². The van der Waals surface area contributed by atoms with Gasteiger partial charge in [0.1, 0.15) is 12.4 Å². The van der Waals surface area contributed by atoms with Crippen molar-refractivity contribution in [3.8, 4) is 5.75 Å². The van der Waals surface area contributed by atoms with Crippen LogP contribution in [-0.4, -0.2) is 44.4 Å². The monoisotopic (exact) mass is 359 g/mol. The molecular formula is C23H37NO2. The fraction of sp³-hybridized carbons (Fsp3) is 0.739. The van der Waals surface area contributed by atoms with Crippen molar-refractivity contribution in [2.24, 2.45) is 11.8 Å². The summed E-state index contributed by atoms with van der Waals surface area (Å²) < 4.78 is 11.5. The summed E-state index contributed by atoms with van der Waals surface area (Å²) in [6.07, 6.45) is 11.1. The molecule has 0 bridgehead atoms. The maximum absolute atomic E-state index is 6.14. The van der Waals surface area contributed by atoms with Gasteiger partial charge in [0, 0.05) is 19.6 Å². The van der Waals surface area contributed by atoms with Gasteiger partial charge in [0.05, 0.1) is 13.2 Å². The largest absolute Gasteiger partial charge is 0.492 e. The zero-order valence-corrected chi connectivity index (χ0v) is 16.6. The molecule has 1 unspecified atom stereocenters. The zero-order valence-electron chi connectivity index (χ0n) is 16.6. The fourth-order valence-corrected chi connectivity index (χ4v) is 4.47. The molecule has 0 aromatic heterocycles. The van der Waals surface area contributed by atoms with Crippen LogP contribution in [0.15, 0.2) is 24.3 Å². The third kappa shape index (κ3) is 6.59. The number of hydrogen-bond acceptors (Lipinski definition) is 3. The van der Waals surface area contributed by atoms with E-state index in [9.17, 15) is 0 Å². The Hall–Kier alpha value is -1.06. The van der Waals surface area contributed by atoms with Gasteiger partial charge < -0.3 is 9.47 Å². The number of para-hydroxylation sites is 1. The minimum Gasteiger partial charge on any atom is -0.492 e. The lowest BCUT2D eigenvalue weighted by Crippen LogP contribution is -2.38. The van der Waals surface area contributed by atoms with E-state index in [-0.39, 0.29) is 0 Å². The Kier molecular flexibility index (Phi) is 8.28. The zero-order chi connectivity index (χ0) is 18.0. The highest BCUT2D eigenvalue weighted by molar-refractivity contribution is 5.33. The summed E-state index contributed by atoms with van der Waals surface area (Å²) in [5, 5.41) is 0. The number of hydrogen-bond donors (Lipinski definition) is 0. The summed E-state index contributed by atoms with van der Waals surface area (Å²) in [5.74, 6) is 2.89. The topological polar surface area (TPSA) is 21.7 Å². The molecule has 1 aliphatic heterocycles. The molecule has 1 heterocycles. The van der Waals surface area contributed by atoms with E-state index in [1.807, 2.05) is 0 Å². The summed E-state index contributed by atoms with van der Waals surface area (Å²) in [4.78, 5) is 2.43. The average molecular weight is 360 g/mol. The predicted octanol–water partition coefficient (Wildman–Crippen LogP) is 4.94. The number of morpholine rings is 1. The second-order valence-electron chi connectivity index (χ2n) is 8.29. The van der Waals surface area contributed by atoms with Crippen LogP contribution in [0.2, 0.25) is 0 Å². The van der Waals surface area contributed by atoms with Gasteiger partial charge in [-0.15, -0.1) is 0 Å². The molecule has 3 nitrogen and oxygen atoms in total. The molecule has 3 heteroatoms. The van der Waals surface area contributed by atoms with Gasteiger partial charge in [0.2, 0.25) is 0 Å². The van der Waals surface area contributed by atoms with Crippen LogP contribution in [0.3, 0.4) is 0 Å². The summed E-state index contributed by atoms with van der Waals surface area (Å²) in [6.45, 7) is 7.99. The van der Waals surface area contributed by atoms with Crippen LogP contribution in [0.5, 0.6) is 5.75 Å². The molecule has 26 heavy (non-hydrogen) atoms. The van der Waals surface area contributed by atoms with E-state index in [1.54, 1.807) is 0 Å². The van der Waals surface area contributed by atoms with E-state index in [0.29, 0.717) is 0 Å². The lowest BCUT2D eigenvalue weighted by atomic mass is 9.82. The van der Waals surface area contributed by atoms with Crippen molar-refractivity contribution in [3.05, 3.63) is 29.8 Å². The standard InChI is InChI=1S/C23H37NO2/c1-20(19-21-7-3-2-4-8-21)11-12-22-9-5-6-10-23(22)26-18-15-24-13-16-25-17-14-24/h5-6,9-10,20-21H,2-4,7-8,11-19H2,1H3. The number of benzene rings is 1. The fourth-order valence-electron chi connectivity index (χ4n) is 4.47. The molecule has 1 atom stereocenters. The molecule has 2 aliphatic rings. The minimum absolute atomic E-state index is 0.772. The highest BCUT2D eigenvalue weighted by atomic mass is 16.5. The van der Waals surface area contributed by atoms with Gasteiger partial charge >= 0.3 is 0 Å². The average Bonchev–Trinajstić information content (AvgIpc) is 2.69. The van der Waals surface area contributed by atoms with Gasteiger partial charge in [-0.3, -0.25) is 4.90 Å². The second-order valence-corrected chi connectivity index (χ2v) is 8.29. The van der Waals surface area contributed by atoms with Gasteiger partial charge in [-0.1, -0.05) is 57.2 Å². The molecule has 146 valence electrons. The van der Waals surface area contributed by atoms with Crippen molar-refractivity contribution in [2.45, 2.75) is 58.3 Å². The van der Waals surface area contributed by atoms with E-state index < -0.39 is 0 Å². The van der Waals surface area contributed by atoms with E-state index in [1.165, 1.54) is 50.5 Å². The van der Waals surface area contributed by atoms with Crippen molar-refractivity contribution in [1.82, 2.24) is 4.90 Å². The van der Waals surface area contributed by atoms with Crippen molar-refractivity contribution < 1.29 is 9.47 Å². The molecule has 1 aromatic rings. The first-order chi connectivity index (χ1) is 12.8. The van der Waals surface area contributed by atoms with E-state index >= 15 is 0 Å². The van der Waals surface area contributed by atoms with Crippen molar-refractivity contribution >= 4 is 0 Å². The Morgan fingerprint density at radius 2 is 1.88 bits per heavy atom. The molecule has 3 rings (SSSR count). The molecule has 2 fully saturated rings. The highest BCUT2D eigenvalue weighted by Crippen LogP contribution is 2.31. The number of nitrogens with zero attached hydrogens (tertiary/aromatic N) is 1. The molecule has 0 amide bonds. The van der Waals surface area contributed by atoms with E-state index in [2.05, 4.69) is 36.1 Å². The summed E-state index contributed by atoms with van der Waals surface area (Å²) in [6, 6.07) is 8.63. The van der Waals surface area contributed by atoms with Crippen LogP contribution in [0.1, 0.15) is 57.4 Å². The van der Waals surface area contributed by atoms with Crippen LogP contribution in [0.25, 0.3) is 0 Å². The molecule has 1 aromatic carbocycles. The highest BCUT2D eigenvalue weighted by Gasteiger charge is 2.17. The van der Waals surface area contributed by atoms with Gasteiger partial charge in [-0.2, -0.15) is 0 Å². The number of rotatable bonds is 9. The first-order valence-corrected chi connectivity index (χ1v) is 10.8. The maximum Gasteiger partial charge on any atom is 0.122 e. The van der Waals surface area contributed by atoms with E-state index in [0.717, 1.165) is 63.5 Å². The van der Waals surface area contributed by atoms with Crippen LogP contribution in [-0.2, 0) is 11.2 Å². The Bertz CT molecular complexity index is 507. The maximum atomic E-state index is 6.14. The third-order valence-electron chi connectivity index (χ3n) is 6.11. The number of aryl methyl sites for hydroxylation is 1.